The minimum absolute atomic E-state index is 0.124. The first kappa shape index (κ1) is 9.83. The summed E-state index contributed by atoms with van der Waals surface area (Å²) in [6.07, 6.45) is -1.03. The van der Waals surface area contributed by atoms with Crippen molar-refractivity contribution in [2.45, 2.75) is 26.2 Å². The molecule has 13 heavy (non-hydrogen) atoms. The zero-order valence-electron chi connectivity index (χ0n) is 7.09. The molecule has 1 rings (SSSR count). The number of hydrogen-bond acceptors (Lipinski definition) is 2. The summed E-state index contributed by atoms with van der Waals surface area (Å²) in [5.74, 6) is 0. The van der Waals surface area contributed by atoms with Gasteiger partial charge >= 0.3 is 0 Å². The van der Waals surface area contributed by atoms with Crippen LogP contribution in [-0.4, -0.2) is 11.3 Å². The number of nitro groups is 1. The molecular formula is C8H9F2NO2. The summed E-state index contributed by atoms with van der Waals surface area (Å²) < 4.78 is 24.6. The van der Waals surface area contributed by atoms with Crippen LogP contribution in [0.25, 0.3) is 0 Å². The Hall–Kier alpha value is -1.26. The van der Waals surface area contributed by atoms with Crippen LogP contribution >= 0.6 is 0 Å². The van der Waals surface area contributed by atoms with Crippen LogP contribution in [0, 0.1) is 10.1 Å². The Morgan fingerprint density at radius 3 is 2.62 bits per heavy atom. The minimum atomic E-state index is -2.62. The number of hydrogen-bond donors (Lipinski definition) is 0. The highest BCUT2D eigenvalue weighted by atomic mass is 19.3. The first-order chi connectivity index (χ1) is 6.02. The average Bonchev–Trinajstić information content (AvgIpc) is 2.04. The Morgan fingerprint density at radius 1 is 1.54 bits per heavy atom. The van der Waals surface area contributed by atoms with Gasteiger partial charge < -0.3 is 0 Å². The molecule has 0 radical (unpaired) electrons. The van der Waals surface area contributed by atoms with Crippen molar-refractivity contribution in [3.63, 3.8) is 0 Å². The van der Waals surface area contributed by atoms with Crippen molar-refractivity contribution in [2.24, 2.45) is 0 Å². The highest BCUT2D eigenvalue weighted by Gasteiger charge is 2.22. The van der Waals surface area contributed by atoms with E-state index in [-0.39, 0.29) is 17.7 Å². The lowest BCUT2D eigenvalue weighted by Gasteiger charge is -2.12. The maximum atomic E-state index is 12.3. The molecule has 0 fully saturated rings. The zero-order valence-corrected chi connectivity index (χ0v) is 7.09. The molecule has 0 aromatic rings. The van der Waals surface area contributed by atoms with Crippen LogP contribution in [0.5, 0.6) is 0 Å². The van der Waals surface area contributed by atoms with E-state index < -0.39 is 11.3 Å². The molecule has 72 valence electrons. The second kappa shape index (κ2) is 3.64. The highest BCUT2D eigenvalue weighted by molar-refractivity contribution is 5.32. The smallest absolute Gasteiger partial charge is 0.259 e. The molecule has 0 aliphatic heterocycles. The van der Waals surface area contributed by atoms with Gasteiger partial charge in [-0.05, 0) is 13.3 Å². The van der Waals surface area contributed by atoms with Crippen LogP contribution < -0.4 is 0 Å². The Labute approximate surface area is 73.9 Å². The van der Waals surface area contributed by atoms with E-state index in [1.807, 2.05) is 0 Å². The van der Waals surface area contributed by atoms with E-state index in [4.69, 9.17) is 0 Å². The summed E-state index contributed by atoms with van der Waals surface area (Å²) in [7, 11) is 0. The second-order valence-corrected chi connectivity index (χ2v) is 2.93. The van der Waals surface area contributed by atoms with Crippen LogP contribution in [-0.2, 0) is 0 Å². The fourth-order valence-corrected chi connectivity index (χ4v) is 1.23. The normalized spacial score (nSPS) is 17.7. The van der Waals surface area contributed by atoms with Crippen LogP contribution in [0.3, 0.4) is 0 Å². The van der Waals surface area contributed by atoms with Crippen LogP contribution in [0.15, 0.2) is 22.9 Å². The number of halogens is 2. The zero-order chi connectivity index (χ0) is 10.0. The van der Waals surface area contributed by atoms with Gasteiger partial charge in [-0.2, -0.15) is 0 Å². The SMILES string of the molecule is CC1=C(C(F)F)C=C([N+](=O)[O-])CC1. The quantitative estimate of drug-likeness (QED) is 0.494. The van der Waals surface area contributed by atoms with E-state index in [9.17, 15) is 18.9 Å². The maximum Gasteiger partial charge on any atom is 0.264 e. The number of nitrogens with zero attached hydrogens (tertiary/aromatic N) is 1. The molecule has 0 atom stereocenters. The van der Waals surface area contributed by atoms with Gasteiger partial charge in [-0.25, -0.2) is 8.78 Å². The average molecular weight is 189 g/mol. The second-order valence-electron chi connectivity index (χ2n) is 2.93. The van der Waals surface area contributed by atoms with Gasteiger partial charge in [0.1, 0.15) is 0 Å². The first-order valence-corrected chi connectivity index (χ1v) is 3.85. The van der Waals surface area contributed by atoms with Crippen molar-refractivity contribution in [1.29, 1.82) is 0 Å². The number of alkyl halides is 2. The monoisotopic (exact) mass is 189 g/mol. The Morgan fingerprint density at radius 2 is 2.15 bits per heavy atom. The number of rotatable bonds is 2. The van der Waals surface area contributed by atoms with Gasteiger partial charge in [-0.1, -0.05) is 5.57 Å². The van der Waals surface area contributed by atoms with Gasteiger partial charge in [0.05, 0.1) is 4.92 Å². The van der Waals surface area contributed by atoms with E-state index in [2.05, 4.69) is 0 Å². The molecule has 0 aromatic heterocycles. The lowest BCUT2D eigenvalue weighted by atomic mass is 9.97. The summed E-state index contributed by atoms with van der Waals surface area (Å²) in [5.41, 5.74) is 0.222. The van der Waals surface area contributed by atoms with E-state index >= 15 is 0 Å². The van der Waals surface area contributed by atoms with E-state index in [0.29, 0.717) is 12.0 Å². The fourth-order valence-electron chi connectivity index (χ4n) is 1.23. The molecular weight excluding hydrogens is 180 g/mol. The third-order valence-corrected chi connectivity index (χ3v) is 2.04. The fraction of sp³-hybridized carbons (Fsp3) is 0.500. The Bertz CT molecular complexity index is 295. The van der Waals surface area contributed by atoms with Crippen LogP contribution in [0.1, 0.15) is 19.8 Å². The Balaban J connectivity index is 2.98. The summed E-state index contributed by atoms with van der Waals surface area (Å²) in [6.45, 7) is 1.58. The lowest BCUT2D eigenvalue weighted by Crippen LogP contribution is -2.09. The molecule has 0 amide bonds. The van der Waals surface area contributed by atoms with Crippen LogP contribution in [0.4, 0.5) is 8.78 Å². The molecule has 0 saturated heterocycles. The highest BCUT2D eigenvalue weighted by Crippen LogP contribution is 2.27. The maximum absolute atomic E-state index is 12.3. The molecule has 5 heteroatoms. The van der Waals surface area contributed by atoms with Crippen molar-refractivity contribution in [2.75, 3.05) is 0 Å². The minimum Gasteiger partial charge on any atom is -0.259 e. The molecule has 1 aliphatic carbocycles. The van der Waals surface area contributed by atoms with Crippen LogP contribution in [0.2, 0.25) is 0 Å². The predicted octanol–water partition coefficient (Wildman–Crippen LogP) is 2.52. The molecule has 0 heterocycles. The summed E-state index contributed by atoms with van der Waals surface area (Å²) in [6, 6.07) is 0. The molecule has 0 N–H and O–H groups in total. The molecule has 3 nitrogen and oxygen atoms in total. The third-order valence-electron chi connectivity index (χ3n) is 2.04. The van der Waals surface area contributed by atoms with Gasteiger partial charge in [0.15, 0.2) is 0 Å². The molecule has 0 saturated carbocycles. The van der Waals surface area contributed by atoms with Gasteiger partial charge in [-0.3, -0.25) is 10.1 Å². The van der Waals surface area contributed by atoms with E-state index in [1.165, 1.54) is 0 Å². The number of allylic oxidation sites excluding steroid dienone is 4. The summed E-state index contributed by atoms with van der Waals surface area (Å²) >= 11 is 0. The predicted molar refractivity (Wildman–Crippen MR) is 43.0 cm³/mol. The van der Waals surface area contributed by atoms with E-state index in [1.54, 1.807) is 6.92 Å². The first-order valence-electron chi connectivity index (χ1n) is 3.85. The van der Waals surface area contributed by atoms with Crippen molar-refractivity contribution in [3.05, 3.63) is 33.0 Å². The van der Waals surface area contributed by atoms with Crippen molar-refractivity contribution in [1.82, 2.24) is 0 Å². The summed E-state index contributed by atoms with van der Waals surface area (Å²) in [4.78, 5) is 9.70. The molecule has 0 aromatic carbocycles. The van der Waals surface area contributed by atoms with E-state index in [0.717, 1.165) is 6.08 Å². The molecule has 1 aliphatic rings. The Kier molecular flexibility index (Phi) is 2.75. The van der Waals surface area contributed by atoms with Gasteiger partial charge in [0.25, 0.3) is 6.43 Å². The summed E-state index contributed by atoms with van der Waals surface area (Å²) in [5, 5.41) is 10.3. The van der Waals surface area contributed by atoms with Gasteiger partial charge in [-0.15, -0.1) is 0 Å². The topological polar surface area (TPSA) is 43.1 Å². The third kappa shape index (κ3) is 2.11. The van der Waals surface area contributed by atoms with Gasteiger partial charge in [0.2, 0.25) is 5.70 Å². The van der Waals surface area contributed by atoms with Crippen molar-refractivity contribution >= 4 is 0 Å². The van der Waals surface area contributed by atoms with Gasteiger partial charge in [0, 0.05) is 18.1 Å². The standard InChI is InChI=1S/C8H9F2NO2/c1-5-2-3-6(11(12)13)4-7(5)8(9)10/h4,8H,2-3H2,1H3. The molecule has 0 bridgehead atoms. The largest absolute Gasteiger partial charge is 0.264 e. The lowest BCUT2D eigenvalue weighted by molar-refractivity contribution is -0.428. The van der Waals surface area contributed by atoms with Crippen molar-refractivity contribution in [3.8, 4) is 0 Å². The van der Waals surface area contributed by atoms with Crippen molar-refractivity contribution < 1.29 is 13.7 Å². The molecule has 0 spiro atoms. The molecule has 0 unspecified atom stereocenters.